The maximum atomic E-state index is 13.0. The van der Waals surface area contributed by atoms with E-state index in [1.807, 2.05) is 0 Å². The number of methoxy groups -OCH3 is 1. The topological polar surface area (TPSA) is 105 Å². The van der Waals surface area contributed by atoms with Gasteiger partial charge in [0.1, 0.15) is 5.75 Å². The van der Waals surface area contributed by atoms with Crippen LogP contribution in [0.1, 0.15) is 19.8 Å². The number of hydrogen-bond acceptors (Lipinski definition) is 5. The maximum Gasteiger partial charge on any atom is 0.243 e. The number of rotatable bonds is 6. The number of ether oxygens (including phenoxy) is 1. The highest BCUT2D eigenvalue weighted by Gasteiger charge is 2.33. The first-order valence-corrected chi connectivity index (χ1v) is 11.1. The molecule has 0 aliphatic carbocycles. The molecule has 0 aromatic heterocycles. The van der Waals surface area contributed by atoms with Gasteiger partial charge in [-0.05, 0) is 49.2 Å². The molecule has 0 spiro atoms. The third-order valence-electron chi connectivity index (χ3n) is 4.93. The Morgan fingerprint density at radius 2 is 1.77 bits per heavy atom. The Hall–Kier alpha value is -2.91. The average molecular weight is 432 g/mol. The molecule has 1 atom stereocenters. The molecule has 0 unspecified atom stereocenters. The predicted molar refractivity (Wildman–Crippen MR) is 114 cm³/mol. The fraction of sp³-hybridized carbons (Fsp3) is 0.333. The normalized spacial score (nSPS) is 17.2. The van der Waals surface area contributed by atoms with Crippen molar-refractivity contribution in [1.82, 2.24) is 4.31 Å². The van der Waals surface area contributed by atoms with Crippen LogP contribution in [0.5, 0.6) is 5.75 Å². The third-order valence-corrected chi connectivity index (χ3v) is 6.81. The SMILES string of the molecule is COc1ccccc1NC(=O)[C@@H]1CCCN(S(=O)(=O)c2ccc(NC(C)=O)cc2)C1. The third kappa shape index (κ3) is 4.98. The molecule has 2 aromatic carbocycles. The zero-order valence-corrected chi connectivity index (χ0v) is 17.7. The Balaban J connectivity index is 1.71. The van der Waals surface area contributed by atoms with Gasteiger partial charge in [-0.15, -0.1) is 0 Å². The smallest absolute Gasteiger partial charge is 0.243 e. The number of hydrogen-bond donors (Lipinski definition) is 2. The highest BCUT2D eigenvalue weighted by atomic mass is 32.2. The molecule has 9 heteroatoms. The van der Waals surface area contributed by atoms with E-state index in [4.69, 9.17) is 4.74 Å². The van der Waals surface area contributed by atoms with E-state index < -0.39 is 15.9 Å². The molecule has 2 amide bonds. The first kappa shape index (κ1) is 21.8. The van der Waals surface area contributed by atoms with Gasteiger partial charge in [0.2, 0.25) is 21.8 Å². The van der Waals surface area contributed by atoms with Crippen LogP contribution in [0.15, 0.2) is 53.4 Å². The van der Waals surface area contributed by atoms with Crippen LogP contribution in [-0.4, -0.2) is 44.7 Å². The zero-order chi connectivity index (χ0) is 21.7. The fourth-order valence-electron chi connectivity index (χ4n) is 3.42. The van der Waals surface area contributed by atoms with E-state index in [0.29, 0.717) is 36.5 Å². The molecular weight excluding hydrogens is 406 g/mol. The Bertz CT molecular complexity index is 1020. The molecular formula is C21H25N3O5S. The van der Waals surface area contributed by atoms with Crippen LogP contribution in [0.4, 0.5) is 11.4 Å². The van der Waals surface area contributed by atoms with E-state index in [-0.39, 0.29) is 23.3 Å². The van der Waals surface area contributed by atoms with Gasteiger partial charge in [0, 0.05) is 25.7 Å². The van der Waals surface area contributed by atoms with Gasteiger partial charge in [-0.25, -0.2) is 8.42 Å². The molecule has 0 bridgehead atoms. The van der Waals surface area contributed by atoms with Crippen molar-refractivity contribution in [1.29, 1.82) is 0 Å². The monoisotopic (exact) mass is 431 g/mol. The molecule has 1 saturated heterocycles. The first-order valence-electron chi connectivity index (χ1n) is 9.63. The van der Waals surface area contributed by atoms with Crippen molar-refractivity contribution in [2.45, 2.75) is 24.7 Å². The molecule has 3 rings (SSSR count). The summed E-state index contributed by atoms with van der Waals surface area (Å²) in [7, 11) is -2.22. The minimum absolute atomic E-state index is 0.108. The second-order valence-electron chi connectivity index (χ2n) is 7.10. The van der Waals surface area contributed by atoms with Crippen LogP contribution >= 0.6 is 0 Å². The summed E-state index contributed by atoms with van der Waals surface area (Å²) in [4.78, 5) is 24.0. The van der Waals surface area contributed by atoms with E-state index in [2.05, 4.69) is 10.6 Å². The lowest BCUT2D eigenvalue weighted by atomic mass is 9.98. The number of anilines is 2. The van der Waals surface area contributed by atoms with E-state index in [1.54, 1.807) is 36.4 Å². The van der Waals surface area contributed by atoms with Gasteiger partial charge in [0.15, 0.2) is 0 Å². The van der Waals surface area contributed by atoms with Crippen molar-refractivity contribution in [3.63, 3.8) is 0 Å². The number of sulfonamides is 1. The number of para-hydroxylation sites is 2. The summed E-state index contributed by atoms with van der Waals surface area (Å²) in [6.45, 7) is 1.85. The van der Waals surface area contributed by atoms with Crippen molar-refractivity contribution < 1.29 is 22.7 Å². The summed E-state index contributed by atoms with van der Waals surface area (Å²) in [5.74, 6) is -0.381. The molecule has 1 aliphatic rings. The quantitative estimate of drug-likeness (QED) is 0.732. The summed E-state index contributed by atoms with van der Waals surface area (Å²) >= 11 is 0. The van der Waals surface area contributed by atoms with E-state index >= 15 is 0 Å². The number of carbonyl (C=O) groups is 2. The Morgan fingerprint density at radius 1 is 1.07 bits per heavy atom. The van der Waals surface area contributed by atoms with Crippen LogP contribution in [-0.2, 0) is 19.6 Å². The predicted octanol–water partition coefficient (Wildman–Crippen LogP) is 2.69. The minimum Gasteiger partial charge on any atom is -0.495 e. The lowest BCUT2D eigenvalue weighted by Crippen LogP contribution is -2.43. The molecule has 1 aliphatic heterocycles. The van der Waals surface area contributed by atoms with Gasteiger partial charge in [-0.3, -0.25) is 9.59 Å². The molecule has 8 nitrogen and oxygen atoms in total. The molecule has 160 valence electrons. The summed E-state index contributed by atoms with van der Waals surface area (Å²) in [5, 5.41) is 5.45. The molecule has 1 heterocycles. The number of nitrogens with one attached hydrogen (secondary N) is 2. The second-order valence-corrected chi connectivity index (χ2v) is 9.04. The number of piperidine rings is 1. The molecule has 0 saturated carbocycles. The van der Waals surface area contributed by atoms with Gasteiger partial charge < -0.3 is 15.4 Å². The van der Waals surface area contributed by atoms with E-state index in [1.165, 1.54) is 30.5 Å². The van der Waals surface area contributed by atoms with Gasteiger partial charge in [-0.2, -0.15) is 4.31 Å². The van der Waals surface area contributed by atoms with E-state index in [0.717, 1.165) is 0 Å². The van der Waals surface area contributed by atoms with Crippen molar-refractivity contribution in [3.8, 4) is 5.75 Å². The summed E-state index contributed by atoms with van der Waals surface area (Å²) in [5.41, 5.74) is 1.08. The van der Waals surface area contributed by atoms with Crippen molar-refractivity contribution >= 4 is 33.2 Å². The molecule has 1 fully saturated rings. The second kappa shape index (κ2) is 9.27. The summed E-state index contributed by atoms with van der Waals surface area (Å²) < 4.78 is 32.7. The summed E-state index contributed by atoms with van der Waals surface area (Å²) in [6, 6.07) is 13.1. The fourth-order valence-corrected chi connectivity index (χ4v) is 4.94. The lowest BCUT2D eigenvalue weighted by molar-refractivity contribution is -0.121. The van der Waals surface area contributed by atoms with Crippen LogP contribution in [0, 0.1) is 5.92 Å². The van der Waals surface area contributed by atoms with Crippen LogP contribution in [0.3, 0.4) is 0 Å². The molecule has 2 N–H and O–H groups in total. The number of amides is 2. The van der Waals surface area contributed by atoms with Crippen molar-refractivity contribution in [2.24, 2.45) is 5.92 Å². The standard InChI is InChI=1S/C21H25N3O5S/c1-15(25)22-17-9-11-18(12-10-17)30(27,28)24-13-5-6-16(14-24)21(26)23-19-7-3-4-8-20(19)29-2/h3-4,7-12,16H,5-6,13-14H2,1-2H3,(H,22,25)(H,23,26)/t16-/m1/s1. The van der Waals surface area contributed by atoms with Gasteiger partial charge >= 0.3 is 0 Å². The Labute approximate surface area is 176 Å². The van der Waals surface area contributed by atoms with Crippen molar-refractivity contribution in [2.75, 3.05) is 30.8 Å². The lowest BCUT2D eigenvalue weighted by Gasteiger charge is -2.31. The number of benzene rings is 2. The van der Waals surface area contributed by atoms with Crippen molar-refractivity contribution in [3.05, 3.63) is 48.5 Å². The van der Waals surface area contributed by atoms with E-state index in [9.17, 15) is 18.0 Å². The molecule has 0 radical (unpaired) electrons. The largest absolute Gasteiger partial charge is 0.495 e. The Kier molecular flexibility index (Phi) is 6.73. The van der Waals surface area contributed by atoms with Gasteiger partial charge in [-0.1, -0.05) is 12.1 Å². The number of carbonyl (C=O) groups excluding carboxylic acids is 2. The minimum atomic E-state index is -3.74. The maximum absolute atomic E-state index is 13.0. The molecule has 30 heavy (non-hydrogen) atoms. The average Bonchev–Trinajstić information content (AvgIpc) is 2.74. The van der Waals surface area contributed by atoms with Gasteiger partial charge in [0.05, 0.1) is 23.6 Å². The zero-order valence-electron chi connectivity index (χ0n) is 16.9. The van der Waals surface area contributed by atoms with Crippen LogP contribution < -0.4 is 15.4 Å². The molecule has 2 aromatic rings. The highest BCUT2D eigenvalue weighted by molar-refractivity contribution is 7.89. The first-order chi connectivity index (χ1) is 14.3. The Morgan fingerprint density at radius 3 is 2.43 bits per heavy atom. The van der Waals surface area contributed by atoms with Gasteiger partial charge in [0.25, 0.3) is 0 Å². The summed E-state index contributed by atoms with van der Waals surface area (Å²) in [6.07, 6.45) is 1.20. The van der Waals surface area contributed by atoms with Crippen LogP contribution in [0.25, 0.3) is 0 Å². The highest BCUT2D eigenvalue weighted by Crippen LogP contribution is 2.28. The number of nitrogens with zero attached hydrogens (tertiary/aromatic N) is 1. The van der Waals surface area contributed by atoms with Crippen LogP contribution in [0.2, 0.25) is 0 Å².